The van der Waals surface area contributed by atoms with Gasteiger partial charge in [0.15, 0.2) is 5.82 Å². The first-order chi connectivity index (χ1) is 21.6. The Balaban J connectivity index is 1.09. The van der Waals surface area contributed by atoms with Gasteiger partial charge >= 0.3 is 5.97 Å². The van der Waals surface area contributed by atoms with Crippen molar-refractivity contribution < 1.29 is 9.53 Å². The van der Waals surface area contributed by atoms with Crippen LogP contribution in [0.3, 0.4) is 0 Å². The van der Waals surface area contributed by atoms with E-state index in [0.717, 1.165) is 61.2 Å². The molecule has 4 rings (SSSR count). The number of aryl methyl sites for hydroxylation is 1. The van der Waals surface area contributed by atoms with Crippen LogP contribution in [0.2, 0.25) is 0 Å². The lowest BCUT2D eigenvalue weighted by atomic mass is 9.78. The highest BCUT2D eigenvalue weighted by Gasteiger charge is 2.27. The number of hydrogen-bond donors (Lipinski definition) is 0. The molecule has 1 heterocycles. The van der Waals surface area contributed by atoms with Gasteiger partial charge in [-0.25, -0.2) is 9.97 Å². The van der Waals surface area contributed by atoms with E-state index in [1.807, 2.05) is 36.7 Å². The molecule has 2 aliphatic rings. The van der Waals surface area contributed by atoms with Crippen molar-refractivity contribution in [2.24, 2.45) is 23.7 Å². The second kappa shape index (κ2) is 20.0. The molecule has 1 aromatic heterocycles. The molecule has 244 valence electrons. The number of benzene rings is 1. The lowest BCUT2D eigenvalue weighted by Crippen LogP contribution is -2.25. The summed E-state index contributed by atoms with van der Waals surface area (Å²) in [5.74, 6) is 3.96. The highest BCUT2D eigenvalue weighted by molar-refractivity contribution is 5.75. The third kappa shape index (κ3) is 12.3. The topological polar surface area (TPSA) is 52.1 Å². The highest BCUT2D eigenvalue weighted by atomic mass is 16.5. The standard InChI is InChI=1S/C40H62N2O2/c1-3-5-7-8-9-10-11-13-15-32-16-18-34(19-17-32)20-21-35-30-41-39(42-31-35)36-26-28-38(29-27-36)44-40(43)37-24-22-33(23-25-37)14-12-6-4-2/h26-34,37H,3-25H2,1-2H3. The lowest BCUT2D eigenvalue weighted by molar-refractivity contribution is -0.140. The van der Waals surface area contributed by atoms with Crippen LogP contribution in [0.4, 0.5) is 0 Å². The van der Waals surface area contributed by atoms with Crippen molar-refractivity contribution >= 4 is 5.97 Å². The van der Waals surface area contributed by atoms with Gasteiger partial charge in [0.1, 0.15) is 5.75 Å². The maximum absolute atomic E-state index is 12.8. The van der Waals surface area contributed by atoms with Crippen LogP contribution < -0.4 is 4.74 Å². The predicted molar refractivity (Wildman–Crippen MR) is 184 cm³/mol. The summed E-state index contributed by atoms with van der Waals surface area (Å²) in [6.07, 6.45) is 34.4. The first-order valence-electron chi connectivity index (χ1n) is 18.8. The van der Waals surface area contributed by atoms with E-state index in [-0.39, 0.29) is 11.9 Å². The van der Waals surface area contributed by atoms with E-state index in [4.69, 9.17) is 4.74 Å². The van der Waals surface area contributed by atoms with Gasteiger partial charge < -0.3 is 4.74 Å². The van der Waals surface area contributed by atoms with Crippen LogP contribution in [0.15, 0.2) is 36.7 Å². The van der Waals surface area contributed by atoms with Gasteiger partial charge in [-0.1, -0.05) is 123 Å². The number of aromatic nitrogens is 2. The molecule has 0 N–H and O–H groups in total. The fourth-order valence-electron chi connectivity index (χ4n) is 7.62. The van der Waals surface area contributed by atoms with E-state index >= 15 is 0 Å². The molecule has 0 spiro atoms. The number of esters is 1. The van der Waals surface area contributed by atoms with Crippen LogP contribution in [0.5, 0.6) is 5.75 Å². The second-order valence-electron chi connectivity index (χ2n) is 14.3. The number of carbonyl (C=O) groups is 1. The normalized spacial score (nSPS) is 22.1. The van der Waals surface area contributed by atoms with Gasteiger partial charge in [-0.2, -0.15) is 0 Å². The fourth-order valence-corrected chi connectivity index (χ4v) is 7.62. The molecule has 0 atom stereocenters. The predicted octanol–water partition coefficient (Wildman–Crippen LogP) is 11.7. The van der Waals surface area contributed by atoms with Crippen molar-refractivity contribution in [2.45, 2.75) is 162 Å². The zero-order valence-corrected chi connectivity index (χ0v) is 28.2. The molecule has 1 aromatic carbocycles. The summed E-state index contributed by atoms with van der Waals surface area (Å²) in [4.78, 5) is 22.1. The summed E-state index contributed by atoms with van der Waals surface area (Å²) in [5.41, 5.74) is 2.19. The van der Waals surface area contributed by atoms with Crippen LogP contribution in [-0.2, 0) is 11.2 Å². The molecule has 2 saturated carbocycles. The van der Waals surface area contributed by atoms with E-state index in [1.165, 1.54) is 121 Å². The van der Waals surface area contributed by atoms with Crippen molar-refractivity contribution in [3.8, 4) is 17.1 Å². The maximum atomic E-state index is 12.8. The summed E-state index contributed by atoms with van der Waals surface area (Å²) in [6, 6.07) is 7.69. The molecule has 2 aliphatic carbocycles. The average molecular weight is 603 g/mol. The van der Waals surface area contributed by atoms with Crippen LogP contribution >= 0.6 is 0 Å². The monoisotopic (exact) mass is 602 g/mol. The second-order valence-corrected chi connectivity index (χ2v) is 14.3. The summed E-state index contributed by atoms with van der Waals surface area (Å²) < 4.78 is 5.76. The SMILES string of the molecule is CCCCCCCCCCC1CCC(CCc2cnc(-c3ccc(OC(=O)C4CCC(CCCCC)CC4)cc3)nc2)CC1. The van der Waals surface area contributed by atoms with E-state index in [9.17, 15) is 4.79 Å². The third-order valence-corrected chi connectivity index (χ3v) is 10.7. The van der Waals surface area contributed by atoms with Crippen molar-refractivity contribution in [2.75, 3.05) is 0 Å². The lowest BCUT2D eigenvalue weighted by Gasteiger charge is -2.28. The van der Waals surface area contributed by atoms with Crippen LogP contribution in [0, 0.1) is 23.7 Å². The first kappa shape index (κ1) is 34.6. The van der Waals surface area contributed by atoms with Crippen LogP contribution in [-0.4, -0.2) is 15.9 Å². The van der Waals surface area contributed by atoms with E-state index in [0.29, 0.717) is 5.75 Å². The zero-order valence-electron chi connectivity index (χ0n) is 28.2. The first-order valence-corrected chi connectivity index (χ1v) is 18.8. The van der Waals surface area contributed by atoms with E-state index < -0.39 is 0 Å². The number of ether oxygens (including phenoxy) is 1. The fraction of sp³-hybridized carbons (Fsp3) is 0.725. The minimum atomic E-state index is -0.0673. The number of unbranched alkanes of at least 4 members (excludes halogenated alkanes) is 9. The Labute approximate surface area is 269 Å². The Morgan fingerprint density at radius 1 is 0.636 bits per heavy atom. The Morgan fingerprint density at radius 2 is 1.11 bits per heavy atom. The Hall–Kier alpha value is -2.23. The quantitative estimate of drug-likeness (QED) is 0.0911. The molecule has 0 radical (unpaired) electrons. The molecular formula is C40H62N2O2. The zero-order chi connectivity index (χ0) is 30.8. The summed E-state index contributed by atoms with van der Waals surface area (Å²) in [6.45, 7) is 4.55. The number of rotatable bonds is 19. The Bertz CT molecular complexity index is 1030. The van der Waals surface area contributed by atoms with Crippen molar-refractivity contribution in [1.82, 2.24) is 9.97 Å². The van der Waals surface area contributed by atoms with Gasteiger partial charge in [-0.05, 0) is 86.1 Å². The summed E-state index contributed by atoms with van der Waals surface area (Å²) in [7, 11) is 0. The molecule has 4 heteroatoms. The Morgan fingerprint density at radius 3 is 1.70 bits per heavy atom. The van der Waals surface area contributed by atoms with Gasteiger partial charge in [0.05, 0.1) is 5.92 Å². The van der Waals surface area contributed by atoms with Crippen LogP contribution in [0.1, 0.15) is 161 Å². The smallest absolute Gasteiger partial charge is 0.314 e. The van der Waals surface area contributed by atoms with Crippen LogP contribution in [0.25, 0.3) is 11.4 Å². The number of carbonyl (C=O) groups excluding carboxylic acids is 1. The molecule has 4 nitrogen and oxygen atoms in total. The molecule has 0 unspecified atom stereocenters. The number of nitrogens with zero attached hydrogens (tertiary/aromatic N) is 2. The molecule has 44 heavy (non-hydrogen) atoms. The van der Waals surface area contributed by atoms with Crippen molar-refractivity contribution in [3.05, 3.63) is 42.2 Å². The molecule has 0 bridgehead atoms. The highest BCUT2D eigenvalue weighted by Crippen LogP contribution is 2.35. The van der Waals surface area contributed by atoms with Crippen molar-refractivity contribution in [1.29, 1.82) is 0 Å². The third-order valence-electron chi connectivity index (χ3n) is 10.7. The molecular weight excluding hydrogens is 540 g/mol. The average Bonchev–Trinajstić information content (AvgIpc) is 3.06. The minimum absolute atomic E-state index is 0.0442. The minimum Gasteiger partial charge on any atom is -0.426 e. The summed E-state index contributed by atoms with van der Waals surface area (Å²) >= 11 is 0. The molecule has 0 aliphatic heterocycles. The Kier molecular flexibility index (Phi) is 15.8. The van der Waals surface area contributed by atoms with Crippen molar-refractivity contribution in [3.63, 3.8) is 0 Å². The maximum Gasteiger partial charge on any atom is 0.314 e. The van der Waals surface area contributed by atoms with E-state index in [2.05, 4.69) is 23.8 Å². The van der Waals surface area contributed by atoms with Gasteiger partial charge in [0.25, 0.3) is 0 Å². The van der Waals surface area contributed by atoms with E-state index in [1.54, 1.807) is 0 Å². The summed E-state index contributed by atoms with van der Waals surface area (Å²) in [5, 5.41) is 0. The van der Waals surface area contributed by atoms with Gasteiger partial charge in [-0.3, -0.25) is 4.79 Å². The van der Waals surface area contributed by atoms with Gasteiger partial charge in [0.2, 0.25) is 0 Å². The molecule has 2 fully saturated rings. The van der Waals surface area contributed by atoms with Gasteiger partial charge in [0, 0.05) is 18.0 Å². The van der Waals surface area contributed by atoms with Gasteiger partial charge in [-0.15, -0.1) is 0 Å². The largest absolute Gasteiger partial charge is 0.426 e. The molecule has 0 amide bonds. The molecule has 0 saturated heterocycles. The molecule has 2 aromatic rings. The number of hydrogen-bond acceptors (Lipinski definition) is 4.